The number of hydrogen-bond donors (Lipinski definition) is 25. The van der Waals surface area contributed by atoms with Gasteiger partial charge < -0.3 is 136 Å². The lowest BCUT2D eigenvalue weighted by atomic mass is 10.0. The maximum Gasteiger partial charge on any atom is 0.326 e. The third-order valence-electron chi connectivity index (χ3n) is 19.8. The second-order valence-corrected chi connectivity index (χ2v) is 32.0. The van der Waals surface area contributed by atoms with Crippen molar-refractivity contribution in [1.82, 2.24) is 84.1 Å². The molecule has 684 valence electrons. The van der Waals surface area contributed by atoms with Crippen molar-refractivity contribution < 1.29 is 72.2 Å². The quantitative estimate of drug-likeness (QED) is 0.0146. The summed E-state index contributed by atoms with van der Waals surface area (Å²) in [4.78, 5) is 216. The molecule has 14 atom stereocenters. The van der Waals surface area contributed by atoms with Crippen LogP contribution in [-0.4, -0.2) is 239 Å². The minimum atomic E-state index is -1.49. The zero-order chi connectivity index (χ0) is 91.1. The zero-order valence-corrected chi connectivity index (χ0v) is 72.1. The number of aliphatic imine (C=N–C) groups is 2. The van der Waals surface area contributed by atoms with Crippen LogP contribution in [0.3, 0.4) is 0 Å². The van der Waals surface area contributed by atoms with E-state index in [2.05, 4.69) is 94.1 Å². The van der Waals surface area contributed by atoms with E-state index in [4.69, 9.17) is 51.6 Å². The summed E-state index contributed by atoms with van der Waals surface area (Å²) in [6.07, 6.45) is 8.58. The fourth-order valence-electron chi connectivity index (χ4n) is 13.1. The number of carboxylic acids is 1. The highest BCUT2D eigenvalue weighted by molar-refractivity contribution is 6.00. The number of para-hydroxylation sites is 1. The minimum absolute atomic E-state index is 0.00105. The normalized spacial score (nSPS) is 14.8. The van der Waals surface area contributed by atoms with Crippen molar-refractivity contribution in [1.29, 1.82) is 0 Å². The number of hydrogen-bond acceptors (Lipinski definition) is 22. The van der Waals surface area contributed by atoms with E-state index in [1.165, 1.54) is 33.3 Å². The van der Waals surface area contributed by atoms with Crippen LogP contribution in [0, 0.1) is 17.8 Å². The second-order valence-electron chi connectivity index (χ2n) is 32.0. The Morgan fingerprint density at radius 1 is 0.369 bits per heavy atom. The zero-order valence-electron chi connectivity index (χ0n) is 72.1. The van der Waals surface area contributed by atoms with Crippen LogP contribution in [0.1, 0.15) is 196 Å². The van der Waals surface area contributed by atoms with Crippen molar-refractivity contribution in [2.45, 2.75) is 282 Å². The molecule has 0 aliphatic rings. The summed E-state index contributed by atoms with van der Waals surface area (Å²) >= 11 is 0. The molecule has 0 saturated carbocycles. The number of H-pyrrole nitrogens is 2. The van der Waals surface area contributed by atoms with Gasteiger partial charge in [0, 0.05) is 54.9 Å². The number of unbranched alkanes of at least 4 members (excludes halogenated alkanes) is 4. The van der Waals surface area contributed by atoms with Crippen LogP contribution in [0.15, 0.2) is 53.0 Å². The lowest BCUT2D eigenvalue weighted by Gasteiger charge is -2.28. The Morgan fingerprint density at radius 2 is 0.680 bits per heavy atom. The molecule has 2 aromatic heterocycles. The Morgan fingerprint density at radius 3 is 1.06 bits per heavy atom. The molecule has 42 nitrogen and oxygen atoms in total. The predicted octanol–water partition coefficient (Wildman–Crippen LogP) is -3.79. The largest absolute Gasteiger partial charge is 0.480 e. The molecule has 0 radical (unpaired) electrons. The molecule has 122 heavy (non-hydrogen) atoms. The summed E-state index contributed by atoms with van der Waals surface area (Å²) < 4.78 is 0. The fourth-order valence-corrected chi connectivity index (χ4v) is 13.1. The molecule has 42 heteroatoms. The highest BCUT2D eigenvalue weighted by Gasteiger charge is 2.38. The topological polar surface area (TPSA) is 719 Å². The van der Waals surface area contributed by atoms with Crippen LogP contribution in [0.25, 0.3) is 10.9 Å². The molecule has 34 N–H and O–H groups in total. The third-order valence-corrected chi connectivity index (χ3v) is 19.8. The van der Waals surface area contributed by atoms with Crippen molar-refractivity contribution in [3.63, 3.8) is 0 Å². The maximum atomic E-state index is 14.7. The van der Waals surface area contributed by atoms with Gasteiger partial charge in [0.1, 0.15) is 78.5 Å². The maximum absolute atomic E-state index is 14.7. The van der Waals surface area contributed by atoms with Crippen molar-refractivity contribution in [3.8, 4) is 0 Å². The number of nitrogens with two attached hydrogens (primary N) is 9. The van der Waals surface area contributed by atoms with E-state index in [1.54, 1.807) is 52.1 Å². The average Bonchev–Trinajstić information content (AvgIpc) is 1.66. The smallest absolute Gasteiger partial charge is 0.326 e. The fraction of sp³-hybridized carbons (Fsp3) is 0.662. The molecule has 0 fully saturated rings. The van der Waals surface area contributed by atoms with Gasteiger partial charge in [0.05, 0.1) is 12.4 Å². The first kappa shape index (κ1) is 105. The number of benzene rings is 1. The monoisotopic (exact) mass is 1720 g/mol. The van der Waals surface area contributed by atoms with Gasteiger partial charge in [0.15, 0.2) is 11.9 Å². The number of fused-ring (bicyclic) bond motifs is 1. The number of imidazole rings is 1. The number of amides is 13. The predicted molar refractivity (Wildman–Crippen MR) is 462 cm³/mol. The molecule has 1 aromatic carbocycles. The number of nitrogens with zero attached hydrogens (tertiary/aromatic N) is 3. The standard InChI is InChI=1S/C80H139N27O15/c1-44(2)36-60(73(116)97-47(7)65(108)98-58(29-21-35-92-80(88)89)72(115)107-64(40-51-42-90-43-94-51)77(120)106-63(39-50-41-93-54-24-11-10-22-52(50)54)76(119)102-59(78(121)122)27-15-19-33-84)103-66(109)48(8)96-70(113)57(28-20-34-91-79(86)87)101-74(117)61(37-45(3)4)104-67(110)49(9)95-69(112)55(25-13-17-31-82)99-71(114)56(26-14-18-32-83)100-75(118)62(38-46(5)6)105-68(111)53(85)23-12-16-30-81/h10-11,22,24,41-49,53,55-64,93H,12-21,23,25-40,81-85H2,1-9H3,(H,90,94)(H,95,112)(H,96,113)(H,97,116)(H,98,108)(H,99,114)(H,100,118)(H,101,117)(H,102,119)(H,103,109)(H,104,110)(H,105,111)(H,106,120)(H,107,115)(H,121,122)(H4,86,87,91)(H4,88,89,92)/t47-,48-,49-,53-,55-,56-,57-,58-,59-,60-,61-,62-,63-,64-/m0/s1. The minimum Gasteiger partial charge on any atom is -0.480 e. The van der Waals surface area contributed by atoms with Gasteiger partial charge in [-0.25, -0.2) is 9.78 Å². The highest BCUT2D eigenvalue weighted by atomic mass is 16.4. The SMILES string of the molecule is CC(C)C[C@H](NC(=O)[C@H](C)NC(=O)[C@H](CCCN=C(N)N)NC(=O)[C@H](CC(C)C)NC(=O)[C@H](C)NC(=O)[C@H](CCCCN)NC(=O)[C@H](CCCCN)NC(=O)[C@H](CC(C)C)NC(=O)[C@@H](N)CCCCN)C(=O)N[C@@H](C)C(=O)N[C@@H](CCCN=C(N)N)C(=O)N[C@@H](Cc1cnc[nH]1)C(=O)N[C@@H](Cc1c[nH]c2ccccc12)C(=O)N[C@@H](CCCCN)C(=O)O. The molecular weight excluding hydrogens is 1580 g/mol. The average molecular weight is 1720 g/mol. The number of aliphatic carboxylic acids is 1. The number of nitrogens with one attached hydrogen (secondary N) is 15. The van der Waals surface area contributed by atoms with Gasteiger partial charge in [-0.15, -0.1) is 0 Å². The van der Waals surface area contributed by atoms with E-state index < -0.39 is 167 Å². The second kappa shape index (κ2) is 56.5. The van der Waals surface area contributed by atoms with E-state index in [-0.39, 0.29) is 133 Å². The first-order valence-electron chi connectivity index (χ1n) is 42.2. The van der Waals surface area contributed by atoms with E-state index in [0.717, 1.165) is 10.9 Å². The van der Waals surface area contributed by atoms with Gasteiger partial charge in [0.2, 0.25) is 76.8 Å². The number of guanidine groups is 2. The Balaban J connectivity index is 1.87. The molecule has 0 spiro atoms. The van der Waals surface area contributed by atoms with Gasteiger partial charge in [0.25, 0.3) is 0 Å². The van der Waals surface area contributed by atoms with Crippen LogP contribution in [0.5, 0.6) is 0 Å². The van der Waals surface area contributed by atoms with E-state index >= 15 is 0 Å². The molecule has 0 bridgehead atoms. The van der Waals surface area contributed by atoms with Crippen LogP contribution in [0.4, 0.5) is 0 Å². The summed E-state index contributed by atoms with van der Waals surface area (Å²) in [7, 11) is 0. The van der Waals surface area contributed by atoms with Crippen molar-refractivity contribution >= 4 is 106 Å². The van der Waals surface area contributed by atoms with E-state index in [1.807, 2.05) is 19.9 Å². The van der Waals surface area contributed by atoms with Gasteiger partial charge in [-0.05, 0) is 192 Å². The van der Waals surface area contributed by atoms with Crippen molar-refractivity contribution in [3.05, 3.63) is 54.2 Å². The Labute approximate surface area is 713 Å². The number of carbonyl (C=O) groups excluding carboxylic acids is 13. The van der Waals surface area contributed by atoms with E-state index in [0.29, 0.717) is 82.1 Å². The molecule has 0 saturated heterocycles. The summed E-state index contributed by atoms with van der Waals surface area (Å²) in [6.45, 7) is 16.0. The lowest BCUT2D eigenvalue weighted by Crippen LogP contribution is -2.60. The molecular formula is C80H139N27O15. The molecule has 0 aliphatic carbocycles. The van der Waals surface area contributed by atoms with Crippen molar-refractivity contribution in [2.24, 2.45) is 79.3 Å². The summed E-state index contributed by atoms with van der Waals surface area (Å²) in [5.41, 5.74) is 53.2. The molecule has 3 aromatic rings. The van der Waals surface area contributed by atoms with Gasteiger partial charge in [-0.2, -0.15) is 0 Å². The molecule has 0 aliphatic heterocycles. The van der Waals surface area contributed by atoms with Crippen LogP contribution in [-0.2, 0) is 80.0 Å². The number of rotatable bonds is 61. The molecule has 13 amide bonds. The number of aromatic nitrogens is 3. The summed E-state index contributed by atoms with van der Waals surface area (Å²) in [5.74, 6) is -12.9. The Hall–Kier alpha value is -11.1. The first-order chi connectivity index (χ1) is 57.8. The molecule has 3 rings (SSSR count). The highest BCUT2D eigenvalue weighted by Crippen LogP contribution is 2.21. The van der Waals surface area contributed by atoms with E-state index in [9.17, 15) is 72.2 Å². The number of aromatic amines is 2. The lowest BCUT2D eigenvalue weighted by molar-refractivity contribution is -0.142. The molecule has 2 heterocycles. The summed E-state index contributed by atoms with van der Waals surface area (Å²) in [5, 5.41) is 45.6. The number of carboxylic acid groups (broad SMARTS) is 1. The third kappa shape index (κ3) is 40.1. The van der Waals surface area contributed by atoms with Gasteiger partial charge in [-0.3, -0.25) is 72.3 Å². The molecule has 0 unspecified atom stereocenters. The van der Waals surface area contributed by atoms with Crippen LogP contribution >= 0.6 is 0 Å². The summed E-state index contributed by atoms with van der Waals surface area (Å²) in [6, 6.07) is -11.2. The Kier molecular flexibility index (Phi) is 48.6. The van der Waals surface area contributed by atoms with Crippen LogP contribution in [0.2, 0.25) is 0 Å². The van der Waals surface area contributed by atoms with Crippen molar-refractivity contribution in [2.75, 3.05) is 39.3 Å². The first-order valence-corrected chi connectivity index (χ1v) is 42.2. The van der Waals surface area contributed by atoms with Gasteiger partial charge in [-0.1, -0.05) is 66.2 Å². The van der Waals surface area contributed by atoms with Crippen LogP contribution < -0.4 is 121 Å². The Bertz CT molecular complexity index is 3870. The number of carbonyl (C=O) groups is 14. The van der Waals surface area contributed by atoms with Gasteiger partial charge >= 0.3 is 5.97 Å².